The average Bonchev–Trinajstić information content (AvgIpc) is 3.36. The molecule has 0 unspecified atom stereocenters. The van der Waals surface area contributed by atoms with Gasteiger partial charge in [-0.25, -0.2) is 4.79 Å². The van der Waals surface area contributed by atoms with Gasteiger partial charge in [-0.15, -0.1) is 0 Å². The summed E-state index contributed by atoms with van der Waals surface area (Å²) < 4.78 is 5.53. The lowest BCUT2D eigenvalue weighted by Crippen LogP contribution is -2.33. The number of carboxylic acid groups (broad SMARTS) is 1. The van der Waals surface area contributed by atoms with Crippen molar-refractivity contribution in [2.75, 3.05) is 6.61 Å². The first-order chi connectivity index (χ1) is 12.1. The number of rotatable bonds is 5. The van der Waals surface area contributed by atoms with Crippen molar-refractivity contribution >= 4 is 11.9 Å². The summed E-state index contributed by atoms with van der Waals surface area (Å²) in [6.45, 7) is 1.20. The van der Waals surface area contributed by atoms with E-state index in [0.717, 1.165) is 30.6 Å². The van der Waals surface area contributed by atoms with Crippen LogP contribution in [-0.4, -0.2) is 34.5 Å². The molecule has 0 bridgehead atoms. The maximum absolute atomic E-state index is 13.0. The van der Waals surface area contributed by atoms with E-state index in [9.17, 15) is 14.7 Å². The Bertz CT molecular complexity index is 841. The molecule has 1 aliphatic carbocycles. The van der Waals surface area contributed by atoms with E-state index in [2.05, 4.69) is 6.07 Å². The molecule has 1 N–H and O–H groups in total. The van der Waals surface area contributed by atoms with E-state index in [1.165, 1.54) is 11.6 Å². The summed E-state index contributed by atoms with van der Waals surface area (Å²) in [7, 11) is 0. The molecule has 0 saturated heterocycles. The van der Waals surface area contributed by atoms with Gasteiger partial charge in [0.15, 0.2) is 0 Å². The number of benzene rings is 2. The zero-order chi connectivity index (χ0) is 17.4. The van der Waals surface area contributed by atoms with Crippen molar-refractivity contribution in [3.8, 4) is 5.75 Å². The Morgan fingerprint density at radius 3 is 2.60 bits per heavy atom. The maximum Gasteiger partial charge on any atom is 0.336 e. The molecule has 1 amide bonds. The molecule has 2 aliphatic rings. The number of aromatic carboxylic acids is 1. The largest absolute Gasteiger partial charge is 0.493 e. The van der Waals surface area contributed by atoms with Crippen molar-refractivity contribution in [2.45, 2.75) is 31.8 Å². The molecule has 1 fully saturated rings. The van der Waals surface area contributed by atoms with Crippen molar-refractivity contribution in [2.24, 2.45) is 0 Å². The average molecular weight is 337 g/mol. The van der Waals surface area contributed by atoms with E-state index in [1.54, 1.807) is 23.1 Å². The third kappa shape index (κ3) is 3.09. The molecule has 25 heavy (non-hydrogen) atoms. The first-order valence-corrected chi connectivity index (χ1v) is 8.51. The van der Waals surface area contributed by atoms with E-state index in [4.69, 9.17) is 4.74 Å². The Hall–Kier alpha value is -2.82. The van der Waals surface area contributed by atoms with Gasteiger partial charge in [0.1, 0.15) is 5.75 Å². The number of carboxylic acids is 1. The normalized spacial score (nSPS) is 15.4. The minimum absolute atomic E-state index is 0.0560. The van der Waals surface area contributed by atoms with Gasteiger partial charge >= 0.3 is 5.97 Å². The van der Waals surface area contributed by atoms with Crippen LogP contribution in [0.5, 0.6) is 5.75 Å². The van der Waals surface area contributed by atoms with Crippen molar-refractivity contribution in [3.05, 3.63) is 64.7 Å². The SMILES string of the molecule is O=C(O)c1ccccc1C(=O)N(Cc1ccc2c(c1)CCO2)C1CC1. The zero-order valence-electron chi connectivity index (χ0n) is 13.8. The van der Waals surface area contributed by atoms with E-state index < -0.39 is 5.97 Å². The molecule has 5 nitrogen and oxygen atoms in total. The van der Waals surface area contributed by atoms with E-state index >= 15 is 0 Å². The van der Waals surface area contributed by atoms with Crippen LogP contribution in [0.4, 0.5) is 0 Å². The van der Waals surface area contributed by atoms with Crippen molar-refractivity contribution < 1.29 is 19.4 Å². The summed E-state index contributed by atoms with van der Waals surface area (Å²) in [4.78, 5) is 26.3. The second kappa shape index (κ2) is 6.24. The highest BCUT2D eigenvalue weighted by molar-refractivity contribution is 6.04. The molecule has 0 radical (unpaired) electrons. The number of nitrogens with zero attached hydrogens (tertiary/aromatic N) is 1. The van der Waals surface area contributed by atoms with Gasteiger partial charge in [-0.05, 0) is 42.2 Å². The molecule has 4 rings (SSSR count). The summed E-state index contributed by atoms with van der Waals surface area (Å²) in [5.41, 5.74) is 2.54. The van der Waals surface area contributed by atoms with E-state index in [0.29, 0.717) is 13.2 Å². The van der Waals surface area contributed by atoms with E-state index in [-0.39, 0.29) is 23.1 Å². The number of carbonyl (C=O) groups is 2. The predicted molar refractivity (Wildman–Crippen MR) is 91.9 cm³/mol. The molecule has 128 valence electrons. The van der Waals surface area contributed by atoms with Gasteiger partial charge in [-0.3, -0.25) is 4.79 Å². The molecule has 0 spiro atoms. The Morgan fingerprint density at radius 2 is 1.88 bits per heavy atom. The molecule has 2 aromatic carbocycles. The molecule has 0 atom stereocenters. The summed E-state index contributed by atoms with van der Waals surface area (Å²) in [6.07, 6.45) is 2.83. The van der Waals surface area contributed by atoms with Gasteiger partial charge < -0.3 is 14.7 Å². The first-order valence-electron chi connectivity index (χ1n) is 8.51. The summed E-state index contributed by atoms with van der Waals surface area (Å²) in [6, 6.07) is 12.6. The van der Waals surface area contributed by atoms with Gasteiger partial charge in [0.25, 0.3) is 5.91 Å². The second-order valence-electron chi connectivity index (χ2n) is 6.56. The van der Waals surface area contributed by atoms with E-state index in [1.807, 2.05) is 12.1 Å². The quantitative estimate of drug-likeness (QED) is 0.910. The third-order valence-corrected chi connectivity index (χ3v) is 4.74. The Kier molecular flexibility index (Phi) is 3.92. The zero-order valence-corrected chi connectivity index (χ0v) is 13.8. The second-order valence-corrected chi connectivity index (χ2v) is 6.56. The van der Waals surface area contributed by atoms with Crippen molar-refractivity contribution in [1.29, 1.82) is 0 Å². The minimum atomic E-state index is -1.07. The highest BCUT2D eigenvalue weighted by Crippen LogP contribution is 2.32. The predicted octanol–water partition coefficient (Wildman–Crippen LogP) is 3.12. The van der Waals surface area contributed by atoms with Crippen LogP contribution in [0.3, 0.4) is 0 Å². The maximum atomic E-state index is 13.0. The molecule has 2 aromatic rings. The third-order valence-electron chi connectivity index (χ3n) is 4.74. The number of fused-ring (bicyclic) bond motifs is 1. The minimum Gasteiger partial charge on any atom is -0.493 e. The molecule has 5 heteroatoms. The lowest BCUT2D eigenvalue weighted by molar-refractivity contribution is 0.0668. The summed E-state index contributed by atoms with van der Waals surface area (Å²) in [5.74, 6) is -0.365. The van der Waals surface area contributed by atoms with Gasteiger partial charge in [-0.1, -0.05) is 24.3 Å². The first kappa shape index (κ1) is 15.7. The smallest absolute Gasteiger partial charge is 0.336 e. The molecular formula is C20H19NO4. The molecular weight excluding hydrogens is 318 g/mol. The number of carbonyl (C=O) groups excluding carboxylic acids is 1. The van der Waals surface area contributed by atoms with Crippen LogP contribution in [0.15, 0.2) is 42.5 Å². The van der Waals surface area contributed by atoms with Gasteiger partial charge in [0, 0.05) is 19.0 Å². The fourth-order valence-electron chi connectivity index (χ4n) is 3.30. The van der Waals surface area contributed by atoms with Crippen LogP contribution in [0, 0.1) is 0 Å². The monoisotopic (exact) mass is 337 g/mol. The lowest BCUT2D eigenvalue weighted by Gasteiger charge is -2.23. The Labute approximate surface area is 145 Å². The molecule has 1 aliphatic heterocycles. The molecule has 0 aromatic heterocycles. The Morgan fingerprint density at radius 1 is 1.12 bits per heavy atom. The molecule has 1 heterocycles. The van der Waals surface area contributed by atoms with Crippen LogP contribution in [0.2, 0.25) is 0 Å². The summed E-state index contributed by atoms with van der Waals surface area (Å²) >= 11 is 0. The fraction of sp³-hybridized carbons (Fsp3) is 0.300. The number of hydrogen-bond acceptors (Lipinski definition) is 3. The van der Waals surface area contributed by atoms with Crippen LogP contribution >= 0.6 is 0 Å². The molecule has 1 saturated carbocycles. The number of hydrogen-bond donors (Lipinski definition) is 1. The number of amides is 1. The standard InChI is InChI=1S/C20H19NO4/c22-19(16-3-1-2-4-17(16)20(23)24)21(15-6-7-15)12-13-5-8-18-14(11-13)9-10-25-18/h1-5,8,11,15H,6-7,9-10,12H2,(H,23,24). The van der Waals surface area contributed by atoms with Crippen LogP contribution in [0.1, 0.15) is 44.7 Å². The van der Waals surface area contributed by atoms with Crippen LogP contribution < -0.4 is 4.74 Å². The van der Waals surface area contributed by atoms with Gasteiger partial charge in [0.05, 0.1) is 17.7 Å². The van der Waals surface area contributed by atoms with Gasteiger partial charge in [-0.2, -0.15) is 0 Å². The number of ether oxygens (including phenoxy) is 1. The Balaban J connectivity index is 1.62. The fourth-order valence-corrected chi connectivity index (χ4v) is 3.30. The summed E-state index contributed by atoms with van der Waals surface area (Å²) in [5, 5.41) is 9.36. The van der Waals surface area contributed by atoms with Crippen molar-refractivity contribution in [1.82, 2.24) is 4.90 Å². The highest BCUT2D eigenvalue weighted by Gasteiger charge is 2.34. The van der Waals surface area contributed by atoms with Crippen molar-refractivity contribution in [3.63, 3.8) is 0 Å². The van der Waals surface area contributed by atoms with Crippen LogP contribution in [0.25, 0.3) is 0 Å². The topological polar surface area (TPSA) is 66.8 Å². The highest BCUT2D eigenvalue weighted by atomic mass is 16.5. The van der Waals surface area contributed by atoms with Crippen LogP contribution in [-0.2, 0) is 13.0 Å². The van der Waals surface area contributed by atoms with Gasteiger partial charge in [0.2, 0.25) is 0 Å². The lowest BCUT2D eigenvalue weighted by atomic mass is 10.0.